The highest BCUT2D eigenvalue weighted by atomic mass is 15.1. The summed E-state index contributed by atoms with van der Waals surface area (Å²) in [5, 5.41) is 3.67. The Morgan fingerprint density at radius 2 is 2.11 bits per heavy atom. The predicted octanol–water partition coefficient (Wildman–Crippen LogP) is 2.43. The van der Waals surface area contributed by atoms with Crippen molar-refractivity contribution in [2.75, 3.05) is 0 Å². The number of nitrogens with zero attached hydrogens (tertiary/aromatic N) is 3. The van der Waals surface area contributed by atoms with Crippen LogP contribution in [-0.2, 0) is 20.1 Å². The van der Waals surface area contributed by atoms with Crippen molar-refractivity contribution in [3.05, 3.63) is 42.7 Å². The molecular formula is C15H24N4. The summed E-state index contributed by atoms with van der Waals surface area (Å²) in [4.78, 5) is 4.11. The van der Waals surface area contributed by atoms with Gasteiger partial charge in [-0.2, -0.15) is 0 Å². The zero-order valence-electron chi connectivity index (χ0n) is 12.3. The quantitative estimate of drug-likeness (QED) is 0.896. The summed E-state index contributed by atoms with van der Waals surface area (Å²) in [6, 6.07) is 2.56. The highest BCUT2D eigenvalue weighted by Gasteiger charge is 2.24. The van der Waals surface area contributed by atoms with Crippen molar-refractivity contribution in [2.24, 2.45) is 12.5 Å². The molecule has 0 spiro atoms. The molecule has 4 heteroatoms. The summed E-state index contributed by atoms with van der Waals surface area (Å²) in [6.07, 6.45) is 9.96. The van der Waals surface area contributed by atoms with Gasteiger partial charge in [0.25, 0.3) is 0 Å². The highest BCUT2D eigenvalue weighted by molar-refractivity contribution is 5.09. The molecular weight excluding hydrogens is 236 g/mol. The van der Waals surface area contributed by atoms with Gasteiger partial charge in [0.05, 0.1) is 6.33 Å². The SMILES string of the molecule is Cn1ccc(CNC(Cn2ccnc2)C(C)(C)C)c1. The predicted molar refractivity (Wildman–Crippen MR) is 77.7 cm³/mol. The number of imidazole rings is 1. The zero-order chi connectivity index (χ0) is 13.9. The minimum atomic E-state index is 0.207. The van der Waals surface area contributed by atoms with Gasteiger partial charge in [-0.25, -0.2) is 4.98 Å². The van der Waals surface area contributed by atoms with Gasteiger partial charge in [0.1, 0.15) is 0 Å². The van der Waals surface area contributed by atoms with Gasteiger partial charge in [-0.05, 0) is 17.0 Å². The fraction of sp³-hybridized carbons (Fsp3) is 0.533. The van der Waals surface area contributed by atoms with E-state index in [2.05, 4.69) is 65.7 Å². The first kappa shape index (κ1) is 13.9. The molecule has 2 aromatic rings. The van der Waals surface area contributed by atoms with Crippen molar-refractivity contribution in [3.8, 4) is 0 Å². The van der Waals surface area contributed by atoms with Gasteiger partial charge in [-0.15, -0.1) is 0 Å². The molecule has 0 saturated heterocycles. The topological polar surface area (TPSA) is 34.8 Å². The standard InChI is InChI=1S/C15H24N4/c1-15(2,3)14(11-19-8-6-16-12-19)17-9-13-5-7-18(4)10-13/h5-8,10,12,14,17H,9,11H2,1-4H3. The van der Waals surface area contributed by atoms with Crippen LogP contribution in [0.15, 0.2) is 37.2 Å². The van der Waals surface area contributed by atoms with Crippen LogP contribution in [0.3, 0.4) is 0 Å². The molecule has 2 rings (SSSR count). The van der Waals surface area contributed by atoms with Crippen LogP contribution in [0.4, 0.5) is 0 Å². The summed E-state index contributed by atoms with van der Waals surface area (Å²) in [5.74, 6) is 0. The maximum Gasteiger partial charge on any atom is 0.0946 e. The summed E-state index contributed by atoms with van der Waals surface area (Å²) in [6.45, 7) is 8.65. The van der Waals surface area contributed by atoms with E-state index >= 15 is 0 Å². The van der Waals surface area contributed by atoms with Crippen LogP contribution in [-0.4, -0.2) is 20.2 Å². The number of aryl methyl sites for hydroxylation is 1. The van der Waals surface area contributed by atoms with Crippen molar-refractivity contribution in [2.45, 2.75) is 39.9 Å². The lowest BCUT2D eigenvalue weighted by molar-refractivity contribution is 0.240. The minimum Gasteiger partial charge on any atom is -0.357 e. The Kier molecular flexibility index (Phi) is 4.10. The van der Waals surface area contributed by atoms with E-state index in [1.807, 2.05) is 18.7 Å². The fourth-order valence-electron chi connectivity index (χ4n) is 2.16. The molecule has 0 amide bonds. The van der Waals surface area contributed by atoms with Gasteiger partial charge in [0, 0.05) is 51.0 Å². The Morgan fingerprint density at radius 3 is 2.63 bits per heavy atom. The van der Waals surface area contributed by atoms with E-state index in [0.717, 1.165) is 13.1 Å². The summed E-state index contributed by atoms with van der Waals surface area (Å²) in [5.41, 5.74) is 1.53. The number of nitrogens with one attached hydrogen (secondary N) is 1. The Hall–Kier alpha value is -1.55. The van der Waals surface area contributed by atoms with Crippen LogP contribution < -0.4 is 5.32 Å². The molecule has 4 nitrogen and oxygen atoms in total. The van der Waals surface area contributed by atoms with E-state index < -0.39 is 0 Å². The number of aromatic nitrogens is 3. The second-order valence-corrected chi connectivity index (χ2v) is 6.24. The van der Waals surface area contributed by atoms with Crippen LogP contribution >= 0.6 is 0 Å². The van der Waals surface area contributed by atoms with Gasteiger partial charge in [0.15, 0.2) is 0 Å². The largest absolute Gasteiger partial charge is 0.357 e. The normalized spacial score (nSPS) is 13.7. The summed E-state index contributed by atoms with van der Waals surface area (Å²) < 4.78 is 4.22. The molecule has 0 aromatic carbocycles. The molecule has 104 valence electrons. The van der Waals surface area contributed by atoms with E-state index in [1.165, 1.54) is 5.56 Å². The number of rotatable bonds is 5. The molecule has 1 unspecified atom stereocenters. The molecule has 1 N–H and O–H groups in total. The van der Waals surface area contributed by atoms with Crippen molar-refractivity contribution >= 4 is 0 Å². The number of hydrogen-bond acceptors (Lipinski definition) is 2. The van der Waals surface area contributed by atoms with Crippen LogP contribution in [0.5, 0.6) is 0 Å². The average molecular weight is 260 g/mol. The smallest absolute Gasteiger partial charge is 0.0946 e. The Morgan fingerprint density at radius 1 is 1.32 bits per heavy atom. The van der Waals surface area contributed by atoms with E-state index in [0.29, 0.717) is 6.04 Å². The van der Waals surface area contributed by atoms with E-state index in [9.17, 15) is 0 Å². The second-order valence-electron chi connectivity index (χ2n) is 6.24. The van der Waals surface area contributed by atoms with E-state index in [4.69, 9.17) is 0 Å². The molecule has 0 aliphatic heterocycles. The maximum absolute atomic E-state index is 4.11. The van der Waals surface area contributed by atoms with E-state index in [-0.39, 0.29) is 5.41 Å². The van der Waals surface area contributed by atoms with Gasteiger partial charge in [-0.1, -0.05) is 20.8 Å². The van der Waals surface area contributed by atoms with Crippen molar-refractivity contribution in [1.82, 2.24) is 19.4 Å². The molecule has 0 aliphatic carbocycles. The van der Waals surface area contributed by atoms with Crippen LogP contribution in [0, 0.1) is 5.41 Å². The lowest BCUT2D eigenvalue weighted by Crippen LogP contribution is -2.42. The highest BCUT2D eigenvalue weighted by Crippen LogP contribution is 2.21. The summed E-state index contributed by atoms with van der Waals surface area (Å²) >= 11 is 0. The molecule has 0 fully saturated rings. The van der Waals surface area contributed by atoms with Gasteiger partial charge in [-0.3, -0.25) is 0 Å². The first-order valence-electron chi connectivity index (χ1n) is 6.75. The molecule has 0 bridgehead atoms. The molecule has 19 heavy (non-hydrogen) atoms. The zero-order valence-corrected chi connectivity index (χ0v) is 12.3. The maximum atomic E-state index is 4.11. The van der Waals surface area contributed by atoms with Gasteiger partial charge in [0.2, 0.25) is 0 Å². The Labute approximate surface area is 115 Å². The third kappa shape index (κ3) is 3.96. The van der Waals surface area contributed by atoms with Crippen molar-refractivity contribution in [1.29, 1.82) is 0 Å². The third-order valence-electron chi connectivity index (χ3n) is 3.44. The first-order chi connectivity index (χ1) is 8.95. The molecule has 2 aromatic heterocycles. The second kappa shape index (κ2) is 5.61. The van der Waals surface area contributed by atoms with Crippen LogP contribution in [0.25, 0.3) is 0 Å². The minimum absolute atomic E-state index is 0.207. The lowest BCUT2D eigenvalue weighted by atomic mass is 9.86. The van der Waals surface area contributed by atoms with Crippen LogP contribution in [0.2, 0.25) is 0 Å². The van der Waals surface area contributed by atoms with Crippen molar-refractivity contribution in [3.63, 3.8) is 0 Å². The Balaban J connectivity index is 1.98. The van der Waals surface area contributed by atoms with E-state index in [1.54, 1.807) is 0 Å². The number of hydrogen-bond donors (Lipinski definition) is 1. The van der Waals surface area contributed by atoms with Gasteiger partial charge < -0.3 is 14.5 Å². The lowest BCUT2D eigenvalue weighted by Gasteiger charge is -2.32. The molecule has 0 radical (unpaired) electrons. The summed E-state index contributed by atoms with van der Waals surface area (Å²) in [7, 11) is 2.05. The molecule has 0 saturated carbocycles. The Bertz CT molecular complexity index is 490. The average Bonchev–Trinajstić information content (AvgIpc) is 2.94. The first-order valence-corrected chi connectivity index (χ1v) is 6.75. The fourth-order valence-corrected chi connectivity index (χ4v) is 2.16. The monoisotopic (exact) mass is 260 g/mol. The molecule has 0 aliphatic rings. The van der Waals surface area contributed by atoms with Crippen molar-refractivity contribution < 1.29 is 0 Å². The van der Waals surface area contributed by atoms with Crippen LogP contribution in [0.1, 0.15) is 26.3 Å². The molecule has 2 heterocycles. The van der Waals surface area contributed by atoms with Gasteiger partial charge >= 0.3 is 0 Å². The molecule has 1 atom stereocenters. The third-order valence-corrected chi connectivity index (χ3v) is 3.44.